The number of aromatic nitrogens is 4. The Morgan fingerprint density at radius 1 is 1.00 bits per heavy atom. The van der Waals surface area contributed by atoms with E-state index < -0.39 is 0 Å². The first-order valence-electron chi connectivity index (χ1n) is 13.2. The Kier molecular flexibility index (Phi) is 7.03. The second-order valence-corrected chi connectivity index (χ2v) is 10.2. The van der Waals surface area contributed by atoms with Crippen LogP contribution in [0, 0.1) is 0 Å². The van der Waals surface area contributed by atoms with E-state index in [0.29, 0.717) is 30.6 Å². The highest BCUT2D eigenvalue weighted by molar-refractivity contribution is 5.84. The molecule has 5 rings (SSSR count). The minimum atomic E-state index is 0.0272. The monoisotopic (exact) mass is 469 g/mol. The van der Waals surface area contributed by atoms with Gasteiger partial charge in [0, 0.05) is 43.8 Å². The van der Waals surface area contributed by atoms with E-state index >= 15 is 0 Å². The van der Waals surface area contributed by atoms with Gasteiger partial charge in [-0.25, -0.2) is 9.78 Å². The number of hydrogen-bond acceptors (Lipinski definition) is 7. The lowest BCUT2D eigenvalue weighted by Gasteiger charge is -2.32. The molecule has 3 aliphatic rings. The van der Waals surface area contributed by atoms with Crippen molar-refractivity contribution in [3.05, 3.63) is 6.33 Å². The lowest BCUT2D eigenvalue weighted by Crippen LogP contribution is -2.46. The summed E-state index contributed by atoms with van der Waals surface area (Å²) >= 11 is 0. The van der Waals surface area contributed by atoms with E-state index in [1.165, 1.54) is 25.7 Å². The van der Waals surface area contributed by atoms with E-state index in [4.69, 9.17) is 20.7 Å². The predicted molar refractivity (Wildman–Crippen MR) is 134 cm³/mol. The fourth-order valence-corrected chi connectivity index (χ4v) is 5.66. The molecule has 0 aromatic carbocycles. The number of imidazole rings is 1. The number of hydrogen-bond donors (Lipinski definition) is 4. The van der Waals surface area contributed by atoms with E-state index in [1.54, 1.807) is 0 Å². The largest absolute Gasteiger partial charge is 0.365 e. The molecule has 2 aromatic rings. The molecule has 2 aliphatic carbocycles. The molecule has 0 radical (unpaired) electrons. The second-order valence-electron chi connectivity index (χ2n) is 10.2. The summed E-state index contributed by atoms with van der Waals surface area (Å²) in [6, 6.07) is 1.41. The zero-order valence-electron chi connectivity index (χ0n) is 20.3. The number of amides is 2. The number of nitrogens with two attached hydrogens (primary N) is 1. The summed E-state index contributed by atoms with van der Waals surface area (Å²) in [7, 11) is 0. The number of fused-ring (bicyclic) bond motifs is 1. The number of piperidine rings is 1. The molecule has 2 saturated carbocycles. The van der Waals surface area contributed by atoms with Crippen molar-refractivity contribution < 1.29 is 4.79 Å². The summed E-state index contributed by atoms with van der Waals surface area (Å²) in [4.78, 5) is 28.7. The highest BCUT2D eigenvalue weighted by Gasteiger charge is 2.27. The van der Waals surface area contributed by atoms with Crippen LogP contribution < -0.4 is 21.7 Å². The van der Waals surface area contributed by atoms with Crippen LogP contribution >= 0.6 is 0 Å². The van der Waals surface area contributed by atoms with Crippen molar-refractivity contribution in [1.29, 1.82) is 0 Å². The summed E-state index contributed by atoms with van der Waals surface area (Å²) < 4.78 is 2.26. The number of carbonyl (C=O) groups is 1. The molecule has 34 heavy (non-hydrogen) atoms. The molecule has 186 valence electrons. The molecule has 2 amide bonds. The lowest BCUT2D eigenvalue weighted by atomic mass is 9.92. The normalized spacial score (nSPS) is 24.5. The second kappa shape index (κ2) is 10.3. The standard InChI is InChI=1S/C24H39N9O/c1-2-26-24(34)32-13-11-18(12-14-32)28-21-20-22(33(15-27-20)19-5-3-4-6-19)31-23(30-21)29-17-9-7-16(25)8-10-17/h15-19H,2-14,25H2,1H3,(H,26,34)(H2,28,29,30,31)/t16-,17-. The minimum absolute atomic E-state index is 0.0272. The number of nitrogens with one attached hydrogen (secondary N) is 3. The van der Waals surface area contributed by atoms with Gasteiger partial charge in [0.2, 0.25) is 5.95 Å². The Labute approximate surface area is 201 Å². The van der Waals surface area contributed by atoms with E-state index in [-0.39, 0.29) is 12.1 Å². The van der Waals surface area contributed by atoms with Crippen LogP contribution in [-0.2, 0) is 0 Å². The maximum absolute atomic E-state index is 12.2. The number of carbonyl (C=O) groups excluding carboxylic acids is 1. The fourth-order valence-electron chi connectivity index (χ4n) is 5.66. The average molecular weight is 470 g/mol. The quantitative estimate of drug-likeness (QED) is 0.512. The van der Waals surface area contributed by atoms with E-state index in [9.17, 15) is 4.79 Å². The van der Waals surface area contributed by atoms with Crippen LogP contribution in [0.4, 0.5) is 16.6 Å². The van der Waals surface area contributed by atoms with E-state index in [2.05, 4.69) is 20.5 Å². The van der Waals surface area contributed by atoms with Crippen molar-refractivity contribution in [1.82, 2.24) is 29.7 Å². The van der Waals surface area contributed by atoms with Gasteiger partial charge in [-0.05, 0) is 58.3 Å². The van der Waals surface area contributed by atoms with Gasteiger partial charge >= 0.3 is 6.03 Å². The molecule has 10 heteroatoms. The summed E-state index contributed by atoms with van der Waals surface area (Å²) in [6.45, 7) is 4.08. The lowest BCUT2D eigenvalue weighted by molar-refractivity contribution is 0.184. The SMILES string of the molecule is CCNC(=O)N1CCC(Nc2nc(N[C@H]3CC[C@H](N)CC3)nc3c2ncn3C2CCCC2)CC1. The molecule has 1 saturated heterocycles. The smallest absolute Gasteiger partial charge is 0.317 e. The molecular formula is C24H39N9O. The third-order valence-corrected chi connectivity index (χ3v) is 7.70. The van der Waals surface area contributed by atoms with Gasteiger partial charge in [0.25, 0.3) is 0 Å². The topological polar surface area (TPSA) is 126 Å². The van der Waals surface area contributed by atoms with Gasteiger partial charge < -0.3 is 31.2 Å². The zero-order valence-corrected chi connectivity index (χ0v) is 20.3. The summed E-state index contributed by atoms with van der Waals surface area (Å²) in [5, 5.41) is 10.2. The molecule has 1 aliphatic heterocycles. The van der Waals surface area contributed by atoms with Crippen LogP contribution in [0.25, 0.3) is 11.2 Å². The van der Waals surface area contributed by atoms with Crippen LogP contribution in [-0.4, -0.2) is 68.2 Å². The maximum atomic E-state index is 12.2. The van der Waals surface area contributed by atoms with Crippen molar-refractivity contribution in [2.24, 2.45) is 5.73 Å². The molecule has 2 aromatic heterocycles. The number of likely N-dealkylation sites (tertiary alicyclic amines) is 1. The molecule has 0 bridgehead atoms. The Hall–Kier alpha value is -2.62. The van der Waals surface area contributed by atoms with Crippen LogP contribution in [0.15, 0.2) is 6.33 Å². The Morgan fingerprint density at radius 3 is 2.41 bits per heavy atom. The fraction of sp³-hybridized carbons (Fsp3) is 0.750. The maximum Gasteiger partial charge on any atom is 0.317 e. The van der Waals surface area contributed by atoms with Crippen LogP contribution in [0.5, 0.6) is 0 Å². The van der Waals surface area contributed by atoms with Crippen molar-refractivity contribution in [3.8, 4) is 0 Å². The zero-order chi connectivity index (χ0) is 23.5. The number of anilines is 2. The van der Waals surface area contributed by atoms with Crippen LogP contribution in [0.2, 0.25) is 0 Å². The van der Waals surface area contributed by atoms with Gasteiger partial charge in [0.15, 0.2) is 17.0 Å². The van der Waals surface area contributed by atoms with Crippen LogP contribution in [0.1, 0.15) is 77.2 Å². The van der Waals surface area contributed by atoms with Gasteiger partial charge in [-0.3, -0.25) is 0 Å². The molecule has 3 fully saturated rings. The summed E-state index contributed by atoms with van der Waals surface area (Å²) in [5.41, 5.74) is 7.86. The average Bonchev–Trinajstić information content (AvgIpc) is 3.51. The number of nitrogens with zero attached hydrogens (tertiary/aromatic N) is 5. The van der Waals surface area contributed by atoms with Gasteiger partial charge in [-0.15, -0.1) is 0 Å². The molecule has 3 heterocycles. The molecular weight excluding hydrogens is 430 g/mol. The van der Waals surface area contributed by atoms with Crippen molar-refractivity contribution in [2.75, 3.05) is 30.3 Å². The third kappa shape index (κ3) is 5.06. The van der Waals surface area contributed by atoms with Gasteiger partial charge in [0.1, 0.15) is 0 Å². The third-order valence-electron chi connectivity index (χ3n) is 7.70. The molecule has 0 atom stereocenters. The van der Waals surface area contributed by atoms with Gasteiger partial charge in [0.05, 0.1) is 6.33 Å². The molecule has 0 spiro atoms. The van der Waals surface area contributed by atoms with E-state index in [0.717, 1.165) is 68.6 Å². The Morgan fingerprint density at radius 2 is 1.71 bits per heavy atom. The minimum Gasteiger partial charge on any atom is -0.365 e. The molecule has 5 N–H and O–H groups in total. The molecule has 0 unspecified atom stereocenters. The van der Waals surface area contributed by atoms with Gasteiger partial charge in [-0.2, -0.15) is 9.97 Å². The van der Waals surface area contributed by atoms with E-state index in [1.807, 2.05) is 18.2 Å². The molecule has 10 nitrogen and oxygen atoms in total. The number of rotatable bonds is 6. The van der Waals surface area contributed by atoms with Crippen LogP contribution in [0.3, 0.4) is 0 Å². The Bertz CT molecular complexity index is 970. The predicted octanol–water partition coefficient (Wildman–Crippen LogP) is 3.23. The first kappa shape index (κ1) is 23.1. The van der Waals surface area contributed by atoms with Crippen molar-refractivity contribution in [2.45, 2.75) is 95.3 Å². The van der Waals surface area contributed by atoms with Crippen molar-refractivity contribution >= 4 is 29.0 Å². The summed E-state index contributed by atoms with van der Waals surface area (Å²) in [5.74, 6) is 1.48. The highest BCUT2D eigenvalue weighted by atomic mass is 16.2. The van der Waals surface area contributed by atoms with Crippen molar-refractivity contribution in [3.63, 3.8) is 0 Å². The first-order valence-corrected chi connectivity index (χ1v) is 13.2. The first-order chi connectivity index (χ1) is 16.6. The van der Waals surface area contributed by atoms with Gasteiger partial charge in [-0.1, -0.05) is 12.8 Å². The number of urea groups is 1. The summed E-state index contributed by atoms with van der Waals surface area (Å²) in [6.07, 6.45) is 12.8. The highest BCUT2D eigenvalue weighted by Crippen LogP contribution is 2.33. The Balaban J connectivity index is 1.36.